The summed E-state index contributed by atoms with van der Waals surface area (Å²) in [5.41, 5.74) is 1.37. The molecule has 0 bridgehead atoms. The second-order valence-electron chi connectivity index (χ2n) is 7.78. The van der Waals surface area contributed by atoms with Crippen LogP contribution in [-0.2, 0) is 6.54 Å². The number of imidazole rings is 2. The molecule has 4 heterocycles. The van der Waals surface area contributed by atoms with Crippen molar-refractivity contribution in [1.82, 2.24) is 28.8 Å². The topological polar surface area (TPSA) is 68.3 Å². The van der Waals surface area contributed by atoms with Crippen LogP contribution in [0.3, 0.4) is 0 Å². The first-order valence-corrected chi connectivity index (χ1v) is 9.80. The van der Waals surface area contributed by atoms with Crippen LogP contribution in [0.15, 0.2) is 30.9 Å². The van der Waals surface area contributed by atoms with Crippen LogP contribution >= 0.6 is 0 Å². The van der Waals surface area contributed by atoms with Gasteiger partial charge in [0.05, 0.1) is 5.69 Å². The number of amides is 1. The Hall–Kier alpha value is -2.70. The van der Waals surface area contributed by atoms with E-state index in [0.717, 1.165) is 44.1 Å². The Morgan fingerprint density at radius 2 is 1.93 bits per heavy atom. The van der Waals surface area contributed by atoms with Crippen molar-refractivity contribution >= 4 is 11.7 Å². The molecular weight excluding hydrogens is 340 g/mol. The largest absolute Gasteiger partial charge is 0.337 e. The molecule has 1 saturated carbocycles. The molecule has 0 atom stereocenters. The smallest absolute Gasteiger partial charge is 0.272 e. The van der Waals surface area contributed by atoms with Gasteiger partial charge in [-0.2, -0.15) is 0 Å². The molecule has 7 nitrogen and oxygen atoms in total. The number of carbonyl (C=O) groups excluding carboxylic acids is 1. The zero-order valence-electron chi connectivity index (χ0n) is 15.6. The summed E-state index contributed by atoms with van der Waals surface area (Å²) in [6, 6.07) is 1.83. The molecule has 1 amide bonds. The predicted octanol–water partition coefficient (Wildman–Crippen LogP) is 2.66. The highest BCUT2D eigenvalue weighted by atomic mass is 16.2. The molecule has 5 rings (SSSR count). The molecule has 2 fully saturated rings. The number of likely N-dealkylation sites (tertiary alicyclic amines) is 1. The third-order valence-electron chi connectivity index (χ3n) is 5.83. The van der Waals surface area contributed by atoms with Crippen molar-refractivity contribution in [2.24, 2.45) is 5.92 Å². The van der Waals surface area contributed by atoms with Gasteiger partial charge in [-0.3, -0.25) is 9.20 Å². The number of fused-ring (bicyclic) bond motifs is 1. The fourth-order valence-corrected chi connectivity index (χ4v) is 4.16. The second kappa shape index (κ2) is 6.48. The number of hydrogen-bond donors (Lipinski definition) is 0. The lowest BCUT2D eigenvalue weighted by atomic mass is 9.95. The minimum absolute atomic E-state index is 0.0489. The Balaban J connectivity index is 1.31. The number of rotatable bonds is 4. The standard InChI is InChI=1S/C20H24N6O/c1-14-17(26-9-2-7-22-20(26)23-14)19(27)24-10-5-16(6-11-24)18-21-8-12-25(18)13-15-3-4-15/h2,7-9,12,15-16H,3-6,10-11,13H2,1H3. The Kier molecular flexibility index (Phi) is 3.95. The quantitative estimate of drug-likeness (QED) is 0.714. The maximum atomic E-state index is 13.1. The van der Waals surface area contributed by atoms with Gasteiger partial charge in [0.25, 0.3) is 5.91 Å². The van der Waals surface area contributed by atoms with Crippen LogP contribution in [-0.4, -0.2) is 47.8 Å². The fraction of sp³-hybridized carbons (Fsp3) is 0.500. The Morgan fingerprint density at radius 3 is 2.70 bits per heavy atom. The van der Waals surface area contributed by atoms with E-state index in [1.54, 1.807) is 10.6 Å². The van der Waals surface area contributed by atoms with Gasteiger partial charge in [0, 0.05) is 50.3 Å². The average Bonchev–Trinajstić information content (AvgIpc) is 3.27. The van der Waals surface area contributed by atoms with E-state index in [-0.39, 0.29) is 5.91 Å². The second-order valence-corrected chi connectivity index (χ2v) is 7.78. The van der Waals surface area contributed by atoms with E-state index in [9.17, 15) is 4.79 Å². The highest BCUT2D eigenvalue weighted by molar-refractivity contribution is 5.94. The van der Waals surface area contributed by atoms with Crippen molar-refractivity contribution in [1.29, 1.82) is 0 Å². The van der Waals surface area contributed by atoms with Crippen molar-refractivity contribution < 1.29 is 4.79 Å². The zero-order valence-corrected chi connectivity index (χ0v) is 15.6. The number of hydrogen-bond acceptors (Lipinski definition) is 4. The summed E-state index contributed by atoms with van der Waals surface area (Å²) in [6.07, 6.45) is 12.2. The molecule has 1 saturated heterocycles. The van der Waals surface area contributed by atoms with Crippen molar-refractivity contribution in [2.75, 3.05) is 13.1 Å². The van der Waals surface area contributed by atoms with Crippen LogP contribution in [0.5, 0.6) is 0 Å². The molecule has 3 aromatic heterocycles. The van der Waals surface area contributed by atoms with Crippen molar-refractivity contribution in [3.63, 3.8) is 0 Å². The molecule has 0 unspecified atom stereocenters. The lowest BCUT2D eigenvalue weighted by Gasteiger charge is -2.32. The number of piperidine rings is 1. The summed E-state index contributed by atoms with van der Waals surface area (Å²) in [4.78, 5) is 28.4. The van der Waals surface area contributed by atoms with Crippen molar-refractivity contribution in [2.45, 2.75) is 45.1 Å². The predicted molar refractivity (Wildman–Crippen MR) is 101 cm³/mol. The maximum Gasteiger partial charge on any atom is 0.272 e. The molecular formula is C20H24N6O. The number of carbonyl (C=O) groups is 1. The third kappa shape index (κ3) is 3.01. The summed E-state index contributed by atoms with van der Waals surface area (Å²) < 4.78 is 4.13. The lowest BCUT2D eigenvalue weighted by Crippen LogP contribution is -2.39. The van der Waals surface area contributed by atoms with Crippen LogP contribution in [0.25, 0.3) is 5.78 Å². The molecule has 0 N–H and O–H groups in total. The number of aromatic nitrogens is 5. The fourth-order valence-electron chi connectivity index (χ4n) is 4.16. The first-order chi connectivity index (χ1) is 13.2. The van der Waals surface area contributed by atoms with Crippen LogP contribution in [0.1, 0.15) is 53.6 Å². The van der Waals surface area contributed by atoms with Crippen LogP contribution < -0.4 is 0 Å². The summed E-state index contributed by atoms with van der Waals surface area (Å²) in [5, 5.41) is 0. The van der Waals surface area contributed by atoms with Gasteiger partial charge in [0.2, 0.25) is 5.78 Å². The van der Waals surface area contributed by atoms with E-state index in [1.807, 2.05) is 30.3 Å². The molecule has 1 aliphatic heterocycles. The van der Waals surface area contributed by atoms with Gasteiger partial charge in [-0.25, -0.2) is 15.0 Å². The maximum absolute atomic E-state index is 13.1. The van der Waals surface area contributed by atoms with Gasteiger partial charge in [-0.05, 0) is 44.6 Å². The van der Waals surface area contributed by atoms with Crippen LogP contribution in [0.4, 0.5) is 0 Å². The van der Waals surface area contributed by atoms with Gasteiger partial charge in [-0.15, -0.1) is 0 Å². The Morgan fingerprint density at radius 1 is 1.11 bits per heavy atom. The normalized spacial score (nSPS) is 18.3. The highest BCUT2D eigenvalue weighted by Gasteiger charge is 2.30. The van der Waals surface area contributed by atoms with E-state index in [0.29, 0.717) is 17.4 Å². The van der Waals surface area contributed by atoms with Gasteiger partial charge in [-0.1, -0.05) is 0 Å². The molecule has 27 heavy (non-hydrogen) atoms. The summed E-state index contributed by atoms with van der Waals surface area (Å²) >= 11 is 0. The van der Waals surface area contributed by atoms with E-state index in [1.165, 1.54) is 18.7 Å². The van der Waals surface area contributed by atoms with Crippen LogP contribution in [0, 0.1) is 12.8 Å². The lowest BCUT2D eigenvalue weighted by molar-refractivity contribution is 0.0702. The number of nitrogens with zero attached hydrogens (tertiary/aromatic N) is 6. The molecule has 140 valence electrons. The summed E-state index contributed by atoms with van der Waals surface area (Å²) in [6.45, 7) is 4.49. The third-order valence-corrected chi connectivity index (χ3v) is 5.83. The van der Waals surface area contributed by atoms with Crippen LogP contribution in [0.2, 0.25) is 0 Å². The highest BCUT2D eigenvalue weighted by Crippen LogP contribution is 2.33. The first kappa shape index (κ1) is 16.5. The molecule has 0 aromatic carbocycles. The molecule has 7 heteroatoms. The molecule has 3 aromatic rings. The van der Waals surface area contributed by atoms with Crippen molar-refractivity contribution in [3.05, 3.63) is 48.1 Å². The molecule has 0 radical (unpaired) electrons. The van der Waals surface area contributed by atoms with E-state index in [2.05, 4.69) is 25.7 Å². The van der Waals surface area contributed by atoms with E-state index < -0.39 is 0 Å². The SMILES string of the molecule is Cc1nc2ncccn2c1C(=O)N1CCC(c2nccn2CC2CC2)CC1. The number of aryl methyl sites for hydroxylation is 1. The summed E-state index contributed by atoms with van der Waals surface area (Å²) in [5.74, 6) is 3.10. The summed E-state index contributed by atoms with van der Waals surface area (Å²) in [7, 11) is 0. The van der Waals surface area contributed by atoms with E-state index in [4.69, 9.17) is 0 Å². The van der Waals surface area contributed by atoms with Crippen molar-refractivity contribution in [3.8, 4) is 0 Å². The van der Waals surface area contributed by atoms with Gasteiger partial charge >= 0.3 is 0 Å². The first-order valence-electron chi connectivity index (χ1n) is 9.80. The van der Waals surface area contributed by atoms with Gasteiger partial charge < -0.3 is 9.47 Å². The van der Waals surface area contributed by atoms with Gasteiger partial charge in [0.15, 0.2) is 0 Å². The monoisotopic (exact) mass is 364 g/mol. The zero-order chi connectivity index (χ0) is 18.4. The Bertz CT molecular complexity index is 977. The minimum atomic E-state index is 0.0489. The Labute approximate surface area is 158 Å². The molecule has 0 spiro atoms. The minimum Gasteiger partial charge on any atom is -0.337 e. The molecule has 1 aliphatic carbocycles. The van der Waals surface area contributed by atoms with Gasteiger partial charge in [0.1, 0.15) is 11.5 Å². The average molecular weight is 364 g/mol. The molecule has 2 aliphatic rings. The van der Waals surface area contributed by atoms with E-state index >= 15 is 0 Å².